The summed E-state index contributed by atoms with van der Waals surface area (Å²) in [5.41, 5.74) is 6.28. The molecule has 0 aliphatic carbocycles. The molecule has 1 amide bonds. The van der Waals surface area contributed by atoms with E-state index in [1.165, 1.54) is 0 Å². The van der Waals surface area contributed by atoms with Crippen molar-refractivity contribution in [3.05, 3.63) is 24.3 Å². The minimum atomic E-state index is 0.111. The number of nitrogens with two attached hydrogens (primary N) is 1. The molecule has 1 aromatic carbocycles. The molecular formula is C13H20N2O2S. The van der Waals surface area contributed by atoms with E-state index < -0.39 is 0 Å². The van der Waals surface area contributed by atoms with Crippen LogP contribution < -0.4 is 10.5 Å². The predicted molar refractivity (Wildman–Crippen MR) is 77.0 cm³/mol. The van der Waals surface area contributed by atoms with Crippen LogP contribution in [0.4, 0.5) is 5.69 Å². The van der Waals surface area contributed by atoms with Gasteiger partial charge in [0, 0.05) is 25.0 Å². The van der Waals surface area contributed by atoms with Gasteiger partial charge in [0.1, 0.15) is 5.75 Å². The molecule has 0 unspecified atom stereocenters. The Kier molecular flexibility index (Phi) is 6.43. The Morgan fingerprint density at radius 2 is 2.06 bits per heavy atom. The molecule has 0 saturated carbocycles. The fourth-order valence-corrected chi connectivity index (χ4v) is 1.82. The highest BCUT2D eigenvalue weighted by Gasteiger charge is 2.07. The Bertz CT molecular complexity index is 368. The van der Waals surface area contributed by atoms with Crippen LogP contribution in [0.25, 0.3) is 0 Å². The smallest absolute Gasteiger partial charge is 0.225 e. The van der Waals surface area contributed by atoms with Crippen molar-refractivity contribution in [3.8, 4) is 5.75 Å². The van der Waals surface area contributed by atoms with Crippen LogP contribution in [0.3, 0.4) is 0 Å². The Hall–Kier alpha value is -1.36. The number of anilines is 1. The number of hydrogen-bond acceptors (Lipinski definition) is 4. The maximum absolute atomic E-state index is 11.7. The van der Waals surface area contributed by atoms with Crippen molar-refractivity contribution >= 4 is 23.4 Å². The number of carbonyl (C=O) groups is 1. The maximum atomic E-state index is 11.7. The van der Waals surface area contributed by atoms with Crippen LogP contribution in [-0.2, 0) is 4.79 Å². The Morgan fingerprint density at radius 3 is 2.67 bits per heavy atom. The minimum absolute atomic E-state index is 0.111. The molecule has 100 valence electrons. The van der Waals surface area contributed by atoms with Crippen molar-refractivity contribution in [2.24, 2.45) is 0 Å². The van der Waals surface area contributed by atoms with Gasteiger partial charge in [-0.05, 0) is 30.5 Å². The van der Waals surface area contributed by atoms with Gasteiger partial charge in [0.05, 0.1) is 13.0 Å². The molecule has 4 nitrogen and oxygen atoms in total. The lowest BCUT2D eigenvalue weighted by atomic mass is 10.3. The Labute approximate surface area is 112 Å². The average molecular weight is 268 g/mol. The van der Waals surface area contributed by atoms with Gasteiger partial charge in [-0.15, -0.1) is 0 Å². The number of nitrogens with zero attached hydrogens (tertiary/aromatic N) is 1. The van der Waals surface area contributed by atoms with Gasteiger partial charge in [0.2, 0.25) is 5.91 Å². The van der Waals surface area contributed by atoms with E-state index in [-0.39, 0.29) is 5.91 Å². The molecule has 0 atom stereocenters. The first-order chi connectivity index (χ1) is 8.63. The first kappa shape index (κ1) is 14.7. The third-order valence-electron chi connectivity index (χ3n) is 2.52. The topological polar surface area (TPSA) is 55.6 Å². The molecule has 5 heteroatoms. The zero-order valence-electron chi connectivity index (χ0n) is 10.9. The molecule has 0 spiro atoms. The SMILES string of the molecule is CSCCN(C)C(=O)CCOc1ccc(N)cc1. The Balaban J connectivity index is 2.24. The van der Waals surface area contributed by atoms with Gasteiger partial charge >= 0.3 is 0 Å². The standard InChI is InChI=1S/C13H20N2O2S/c1-15(8-10-18-2)13(16)7-9-17-12-5-3-11(14)4-6-12/h3-6H,7-10,14H2,1-2H3. The molecule has 0 radical (unpaired) electrons. The van der Waals surface area contributed by atoms with Gasteiger partial charge in [0.15, 0.2) is 0 Å². The normalized spacial score (nSPS) is 10.1. The second-order valence-electron chi connectivity index (χ2n) is 3.98. The third kappa shape index (κ3) is 5.31. The van der Waals surface area contributed by atoms with Gasteiger partial charge in [-0.2, -0.15) is 11.8 Å². The molecule has 0 fully saturated rings. The monoisotopic (exact) mass is 268 g/mol. The molecule has 0 aliphatic heterocycles. The quantitative estimate of drug-likeness (QED) is 0.767. The number of amides is 1. The van der Waals surface area contributed by atoms with E-state index in [0.717, 1.165) is 18.0 Å². The van der Waals surface area contributed by atoms with Crippen LogP contribution >= 0.6 is 11.8 Å². The molecular weight excluding hydrogens is 248 g/mol. The molecule has 1 aromatic rings. The van der Waals surface area contributed by atoms with Gasteiger partial charge < -0.3 is 15.4 Å². The van der Waals surface area contributed by atoms with Crippen molar-refractivity contribution in [3.63, 3.8) is 0 Å². The number of carbonyl (C=O) groups excluding carboxylic acids is 1. The summed E-state index contributed by atoms with van der Waals surface area (Å²) < 4.78 is 5.48. The van der Waals surface area contributed by atoms with Gasteiger partial charge in [-0.3, -0.25) is 4.79 Å². The fourth-order valence-electron chi connectivity index (χ4n) is 1.36. The van der Waals surface area contributed by atoms with E-state index in [0.29, 0.717) is 18.7 Å². The van der Waals surface area contributed by atoms with Gasteiger partial charge in [-0.1, -0.05) is 0 Å². The van der Waals surface area contributed by atoms with Gasteiger partial charge in [0.25, 0.3) is 0 Å². The number of hydrogen-bond donors (Lipinski definition) is 1. The van der Waals surface area contributed by atoms with Gasteiger partial charge in [-0.25, -0.2) is 0 Å². The van der Waals surface area contributed by atoms with E-state index in [1.54, 1.807) is 40.9 Å². The van der Waals surface area contributed by atoms with Crippen LogP contribution in [0.2, 0.25) is 0 Å². The number of nitrogen functional groups attached to an aromatic ring is 1. The van der Waals surface area contributed by atoms with E-state index in [4.69, 9.17) is 10.5 Å². The number of rotatable bonds is 7. The highest BCUT2D eigenvalue weighted by Crippen LogP contribution is 2.13. The lowest BCUT2D eigenvalue weighted by Gasteiger charge is -2.16. The maximum Gasteiger partial charge on any atom is 0.225 e. The molecule has 2 N–H and O–H groups in total. The first-order valence-corrected chi connectivity index (χ1v) is 7.24. The molecule has 1 rings (SSSR count). The van der Waals surface area contributed by atoms with Crippen LogP contribution in [0.5, 0.6) is 5.75 Å². The number of benzene rings is 1. The highest BCUT2D eigenvalue weighted by atomic mass is 32.2. The Morgan fingerprint density at radius 1 is 1.39 bits per heavy atom. The summed E-state index contributed by atoms with van der Waals surface area (Å²) in [6.45, 7) is 1.17. The zero-order chi connectivity index (χ0) is 13.4. The molecule has 18 heavy (non-hydrogen) atoms. The number of ether oxygens (including phenoxy) is 1. The molecule has 0 saturated heterocycles. The summed E-state index contributed by atoms with van der Waals surface area (Å²) in [6.07, 6.45) is 2.43. The zero-order valence-corrected chi connectivity index (χ0v) is 11.7. The van der Waals surface area contributed by atoms with Crippen LogP contribution in [0.15, 0.2) is 24.3 Å². The van der Waals surface area contributed by atoms with E-state index in [2.05, 4.69) is 0 Å². The lowest BCUT2D eigenvalue weighted by molar-refractivity contribution is -0.130. The van der Waals surface area contributed by atoms with Crippen molar-refractivity contribution in [1.29, 1.82) is 0 Å². The van der Waals surface area contributed by atoms with E-state index in [1.807, 2.05) is 13.3 Å². The summed E-state index contributed by atoms with van der Waals surface area (Å²) in [6, 6.07) is 7.16. The molecule has 0 bridgehead atoms. The number of thioether (sulfide) groups is 1. The average Bonchev–Trinajstić information content (AvgIpc) is 2.38. The summed E-state index contributed by atoms with van der Waals surface area (Å²) in [4.78, 5) is 13.4. The van der Waals surface area contributed by atoms with Crippen LogP contribution in [0.1, 0.15) is 6.42 Å². The highest BCUT2D eigenvalue weighted by molar-refractivity contribution is 7.98. The van der Waals surface area contributed by atoms with Crippen molar-refractivity contribution < 1.29 is 9.53 Å². The summed E-state index contributed by atoms with van der Waals surface area (Å²) >= 11 is 1.73. The van der Waals surface area contributed by atoms with Crippen molar-refractivity contribution in [1.82, 2.24) is 4.90 Å². The summed E-state index contributed by atoms with van der Waals surface area (Å²) in [7, 11) is 1.82. The second kappa shape index (κ2) is 7.87. The molecule has 0 aromatic heterocycles. The van der Waals surface area contributed by atoms with E-state index in [9.17, 15) is 4.79 Å². The van der Waals surface area contributed by atoms with Crippen LogP contribution in [-0.4, -0.2) is 43.0 Å². The summed E-state index contributed by atoms with van der Waals surface area (Å²) in [5.74, 6) is 1.81. The molecule has 0 heterocycles. The second-order valence-corrected chi connectivity index (χ2v) is 4.96. The minimum Gasteiger partial charge on any atom is -0.493 e. The largest absolute Gasteiger partial charge is 0.493 e. The fraction of sp³-hybridized carbons (Fsp3) is 0.462. The van der Waals surface area contributed by atoms with Crippen molar-refractivity contribution in [2.45, 2.75) is 6.42 Å². The van der Waals surface area contributed by atoms with E-state index >= 15 is 0 Å². The lowest BCUT2D eigenvalue weighted by Crippen LogP contribution is -2.29. The van der Waals surface area contributed by atoms with Crippen molar-refractivity contribution in [2.75, 3.05) is 37.9 Å². The van der Waals surface area contributed by atoms with Crippen LogP contribution in [0, 0.1) is 0 Å². The molecule has 0 aliphatic rings. The predicted octanol–water partition coefficient (Wildman–Crippen LogP) is 1.86. The third-order valence-corrected chi connectivity index (χ3v) is 3.11. The first-order valence-electron chi connectivity index (χ1n) is 5.84. The summed E-state index contributed by atoms with van der Waals surface area (Å²) in [5, 5.41) is 0.